The molecule has 1 aromatic rings. The van der Waals surface area contributed by atoms with Crippen molar-refractivity contribution in [3.8, 4) is 0 Å². The zero-order chi connectivity index (χ0) is 12.5. The number of halogens is 2. The van der Waals surface area contributed by atoms with E-state index in [1.807, 2.05) is 0 Å². The summed E-state index contributed by atoms with van der Waals surface area (Å²) in [5.74, 6) is -1.05. The average molecular weight is 257 g/mol. The number of amides is 1. The second-order valence-corrected chi connectivity index (χ2v) is 4.96. The molecular formula is C12H14ClFN2O. The molecular weight excluding hydrogens is 243 g/mol. The summed E-state index contributed by atoms with van der Waals surface area (Å²) >= 11 is 5.72. The Bertz CT molecular complexity index is 446. The first kappa shape index (κ1) is 12.3. The Morgan fingerprint density at radius 1 is 1.53 bits per heavy atom. The van der Waals surface area contributed by atoms with Gasteiger partial charge in [-0.25, -0.2) is 4.39 Å². The van der Waals surface area contributed by atoms with Gasteiger partial charge in [-0.1, -0.05) is 11.6 Å². The van der Waals surface area contributed by atoms with Crippen LogP contribution in [-0.4, -0.2) is 18.0 Å². The molecule has 0 radical (unpaired) electrons. The van der Waals surface area contributed by atoms with Crippen LogP contribution >= 0.6 is 11.6 Å². The summed E-state index contributed by atoms with van der Waals surface area (Å²) < 4.78 is 13.4. The summed E-state index contributed by atoms with van der Waals surface area (Å²) in [7, 11) is 0. The molecule has 3 N–H and O–H groups in total. The van der Waals surface area contributed by atoms with E-state index in [4.69, 9.17) is 17.3 Å². The number of nitrogens with two attached hydrogens (primary N) is 1. The molecule has 0 spiro atoms. The summed E-state index contributed by atoms with van der Waals surface area (Å²) in [4.78, 5) is 11.7. The molecule has 0 bridgehead atoms. The molecule has 2 rings (SSSR count). The van der Waals surface area contributed by atoms with E-state index in [-0.39, 0.29) is 11.1 Å². The van der Waals surface area contributed by atoms with Crippen molar-refractivity contribution in [2.45, 2.75) is 24.8 Å². The van der Waals surface area contributed by atoms with Crippen LogP contribution in [0.3, 0.4) is 0 Å². The van der Waals surface area contributed by atoms with Gasteiger partial charge in [0, 0.05) is 17.1 Å². The molecule has 1 aliphatic rings. The molecule has 3 nitrogen and oxygen atoms in total. The first-order valence-electron chi connectivity index (χ1n) is 5.52. The minimum Gasteiger partial charge on any atom is -0.350 e. The summed E-state index contributed by atoms with van der Waals surface area (Å²) in [6, 6.07) is 3.90. The number of hydrogen-bond acceptors (Lipinski definition) is 2. The second-order valence-electron chi connectivity index (χ2n) is 4.52. The van der Waals surface area contributed by atoms with E-state index >= 15 is 0 Å². The van der Waals surface area contributed by atoms with Crippen LogP contribution in [0.25, 0.3) is 0 Å². The van der Waals surface area contributed by atoms with E-state index in [2.05, 4.69) is 5.32 Å². The Kier molecular flexibility index (Phi) is 3.35. The highest BCUT2D eigenvalue weighted by Gasteiger charge is 2.32. The van der Waals surface area contributed by atoms with E-state index in [1.165, 1.54) is 18.2 Å². The fourth-order valence-corrected chi connectivity index (χ4v) is 2.00. The van der Waals surface area contributed by atoms with Gasteiger partial charge in [0.05, 0.1) is 5.56 Å². The van der Waals surface area contributed by atoms with Gasteiger partial charge in [0.25, 0.3) is 5.91 Å². The zero-order valence-electron chi connectivity index (χ0n) is 9.30. The summed E-state index contributed by atoms with van der Waals surface area (Å²) in [5, 5.41) is 2.98. The fraction of sp³-hybridized carbons (Fsp3) is 0.417. The lowest BCUT2D eigenvalue weighted by Crippen LogP contribution is -2.55. The van der Waals surface area contributed by atoms with Crippen molar-refractivity contribution in [2.24, 2.45) is 5.73 Å². The van der Waals surface area contributed by atoms with E-state index in [9.17, 15) is 9.18 Å². The van der Waals surface area contributed by atoms with Crippen molar-refractivity contribution < 1.29 is 9.18 Å². The second kappa shape index (κ2) is 4.63. The minimum absolute atomic E-state index is 0.0413. The maximum atomic E-state index is 13.4. The van der Waals surface area contributed by atoms with Gasteiger partial charge in [0.2, 0.25) is 0 Å². The van der Waals surface area contributed by atoms with Crippen molar-refractivity contribution in [1.82, 2.24) is 5.32 Å². The van der Waals surface area contributed by atoms with Gasteiger partial charge in [0.1, 0.15) is 5.82 Å². The normalized spacial score (nSPS) is 17.4. The molecule has 0 atom stereocenters. The Morgan fingerprint density at radius 3 is 2.82 bits per heavy atom. The number of carbonyl (C=O) groups is 1. The molecule has 1 saturated carbocycles. The van der Waals surface area contributed by atoms with Crippen LogP contribution in [0.15, 0.2) is 18.2 Å². The minimum atomic E-state index is -0.577. The largest absolute Gasteiger partial charge is 0.350 e. The molecule has 1 fully saturated rings. The maximum absolute atomic E-state index is 13.4. The monoisotopic (exact) mass is 256 g/mol. The number of carbonyl (C=O) groups excluding carboxylic acids is 1. The molecule has 0 aromatic heterocycles. The molecule has 1 aromatic carbocycles. The number of nitrogens with one attached hydrogen (secondary N) is 1. The third kappa shape index (κ3) is 2.76. The molecule has 0 unspecified atom stereocenters. The number of hydrogen-bond donors (Lipinski definition) is 2. The van der Waals surface area contributed by atoms with Crippen LogP contribution in [0.5, 0.6) is 0 Å². The van der Waals surface area contributed by atoms with Crippen LogP contribution in [0.1, 0.15) is 29.6 Å². The van der Waals surface area contributed by atoms with Crippen LogP contribution in [-0.2, 0) is 0 Å². The van der Waals surface area contributed by atoms with E-state index < -0.39 is 11.7 Å². The van der Waals surface area contributed by atoms with Gasteiger partial charge < -0.3 is 11.1 Å². The van der Waals surface area contributed by atoms with Crippen molar-refractivity contribution in [1.29, 1.82) is 0 Å². The van der Waals surface area contributed by atoms with Crippen molar-refractivity contribution >= 4 is 17.5 Å². The van der Waals surface area contributed by atoms with Gasteiger partial charge in [-0.05, 0) is 37.5 Å². The molecule has 0 aliphatic heterocycles. The van der Waals surface area contributed by atoms with Gasteiger partial charge in [-0.2, -0.15) is 0 Å². The lowest BCUT2D eigenvalue weighted by molar-refractivity contribution is 0.0925. The third-order valence-corrected chi connectivity index (χ3v) is 3.36. The average Bonchev–Trinajstić information content (AvgIpc) is 2.26. The smallest absolute Gasteiger partial charge is 0.254 e. The predicted octanol–water partition coefficient (Wildman–Crippen LogP) is 2.09. The first-order valence-corrected chi connectivity index (χ1v) is 5.90. The van der Waals surface area contributed by atoms with E-state index in [1.54, 1.807) is 0 Å². The van der Waals surface area contributed by atoms with Crippen LogP contribution in [0.2, 0.25) is 5.02 Å². The topological polar surface area (TPSA) is 55.1 Å². The Hall–Kier alpha value is -1.13. The highest BCUT2D eigenvalue weighted by molar-refractivity contribution is 6.30. The van der Waals surface area contributed by atoms with Crippen molar-refractivity contribution in [2.75, 3.05) is 6.54 Å². The lowest BCUT2D eigenvalue weighted by Gasteiger charge is -2.38. The van der Waals surface area contributed by atoms with E-state index in [0.29, 0.717) is 11.6 Å². The SMILES string of the molecule is NC1(CNC(=O)c2cc(Cl)ccc2F)CCC1. The molecule has 0 heterocycles. The molecule has 0 saturated heterocycles. The fourth-order valence-electron chi connectivity index (χ4n) is 1.83. The molecule has 92 valence electrons. The van der Waals surface area contributed by atoms with Crippen LogP contribution in [0.4, 0.5) is 4.39 Å². The highest BCUT2D eigenvalue weighted by Crippen LogP contribution is 2.28. The number of benzene rings is 1. The van der Waals surface area contributed by atoms with Crippen LogP contribution in [0, 0.1) is 5.82 Å². The third-order valence-electron chi connectivity index (χ3n) is 3.12. The first-order chi connectivity index (χ1) is 8.00. The quantitative estimate of drug-likeness (QED) is 0.870. The predicted molar refractivity (Wildman–Crippen MR) is 64.5 cm³/mol. The van der Waals surface area contributed by atoms with Gasteiger partial charge in [-0.3, -0.25) is 4.79 Å². The van der Waals surface area contributed by atoms with Crippen LogP contribution < -0.4 is 11.1 Å². The van der Waals surface area contributed by atoms with Crippen molar-refractivity contribution in [3.63, 3.8) is 0 Å². The van der Waals surface area contributed by atoms with Gasteiger partial charge in [-0.15, -0.1) is 0 Å². The van der Waals surface area contributed by atoms with E-state index in [0.717, 1.165) is 19.3 Å². The standard InChI is InChI=1S/C12H14ClFN2O/c13-8-2-3-10(14)9(6-8)11(17)16-7-12(15)4-1-5-12/h2-3,6H,1,4-5,7,15H2,(H,16,17). The zero-order valence-corrected chi connectivity index (χ0v) is 10.1. The van der Waals surface area contributed by atoms with Crippen molar-refractivity contribution in [3.05, 3.63) is 34.6 Å². The number of rotatable bonds is 3. The Morgan fingerprint density at radius 2 is 2.24 bits per heavy atom. The lowest BCUT2D eigenvalue weighted by atomic mass is 9.78. The summed E-state index contributed by atoms with van der Waals surface area (Å²) in [6.07, 6.45) is 2.87. The molecule has 1 amide bonds. The molecule has 17 heavy (non-hydrogen) atoms. The Labute approximate surface area is 104 Å². The van der Waals surface area contributed by atoms with Gasteiger partial charge >= 0.3 is 0 Å². The molecule has 5 heteroatoms. The molecule has 1 aliphatic carbocycles. The summed E-state index contributed by atoms with van der Waals surface area (Å²) in [5.41, 5.74) is 5.61. The Balaban J connectivity index is 2.01. The maximum Gasteiger partial charge on any atom is 0.254 e. The summed E-state index contributed by atoms with van der Waals surface area (Å²) in [6.45, 7) is 0.373. The highest BCUT2D eigenvalue weighted by atomic mass is 35.5. The van der Waals surface area contributed by atoms with Gasteiger partial charge in [0.15, 0.2) is 0 Å².